The van der Waals surface area contributed by atoms with Crippen LogP contribution in [0.15, 0.2) is 53.4 Å². The number of nitro benzene ring substituents is 1. The molecular formula is C20H25N3O4S. The molecule has 7 nitrogen and oxygen atoms in total. The van der Waals surface area contributed by atoms with Crippen molar-refractivity contribution in [2.75, 3.05) is 31.1 Å². The van der Waals surface area contributed by atoms with Crippen molar-refractivity contribution >= 4 is 21.4 Å². The first kappa shape index (κ1) is 20.3. The van der Waals surface area contributed by atoms with Gasteiger partial charge in [-0.3, -0.25) is 10.1 Å². The Hall–Kier alpha value is -2.45. The Morgan fingerprint density at radius 1 is 1.04 bits per heavy atom. The van der Waals surface area contributed by atoms with Gasteiger partial charge in [-0.15, -0.1) is 0 Å². The van der Waals surface area contributed by atoms with Crippen molar-refractivity contribution in [2.45, 2.75) is 31.1 Å². The predicted octanol–water partition coefficient (Wildman–Crippen LogP) is 3.62. The Bertz CT molecular complexity index is 936. The second-order valence-corrected chi connectivity index (χ2v) is 8.95. The van der Waals surface area contributed by atoms with E-state index in [9.17, 15) is 18.5 Å². The standard InChI is InChI=1S/C20H25N3O4S/c1-3-16(2)17-8-10-18(11-9-17)28(26,27)22-14-12-21(13-15-22)19-6-4-5-7-20(19)23(24)25/h4-11,16H,3,12-15H2,1-2H3. The number of para-hydroxylation sites is 2. The molecule has 0 aliphatic carbocycles. The molecule has 1 aliphatic rings. The fourth-order valence-corrected chi connectivity index (χ4v) is 4.83. The summed E-state index contributed by atoms with van der Waals surface area (Å²) in [6, 6.07) is 13.7. The quantitative estimate of drug-likeness (QED) is 0.543. The largest absolute Gasteiger partial charge is 0.363 e. The Labute approximate surface area is 165 Å². The predicted molar refractivity (Wildman–Crippen MR) is 109 cm³/mol. The summed E-state index contributed by atoms with van der Waals surface area (Å²) in [5.41, 5.74) is 1.70. The third-order valence-corrected chi connectivity index (χ3v) is 7.27. The van der Waals surface area contributed by atoms with E-state index in [0.717, 1.165) is 12.0 Å². The molecule has 1 saturated heterocycles. The van der Waals surface area contributed by atoms with Crippen molar-refractivity contribution in [3.63, 3.8) is 0 Å². The number of anilines is 1. The highest BCUT2D eigenvalue weighted by molar-refractivity contribution is 7.89. The van der Waals surface area contributed by atoms with E-state index < -0.39 is 14.9 Å². The zero-order chi connectivity index (χ0) is 20.3. The van der Waals surface area contributed by atoms with Crippen LogP contribution in [0.25, 0.3) is 0 Å². The number of nitrogens with zero attached hydrogens (tertiary/aromatic N) is 3. The highest BCUT2D eigenvalue weighted by Crippen LogP contribution is 2.29. The second kappa shape index (κ2) is 8.28. The summed E-state index contributed by atoms with van der Waals surface area (Å²) in [6.07, 6.45) is 1.000. The molecule has 2 aromatic carbocycles. The Kier molecular flexibility index (Phi) is 6.00. The molecule has 150 valence electrons. The van der Waals surface area contributed by atoms with Gasteiger partial charge in [0.15, 0.2) is 0 Å². The maximum Gasteiger partial charge on any atom is 0.292 e. The highest BCUT2D eigenvalue weighted by Gasteiger charge is 2.30. The van der Waals surface area contributed by atoms with Crippen LogP contribution in [0.3, 0.4) is 0 Å². The van der Waals surface area contributed by atoms with Gasteiger partial charge in [0.25, 0.3) is 5.69 Å². The van der Waals surface area contributed by atoms with Crippen molar-refractivity contribution in [1.29, 1.82) is 0 Å². The number of nitro groups is 1. The Balaban J connectivity index is 1.73. The van der Waals surface area contributed by atoms with Crippen molar-refractivity contribution in [3.8, 4) is 0 Å². The highest BCUT2D eigenvalue weighted by atomic mass is 32.2. The van der Waals surface area contributed by atoms with E-state index in [1.165, 1.54) is 10.4 Å². The van der Waals surface area contributed by atoms with E-state index in [1.807, 2.05) is 17.0 Å². The summed E-state index contributed by atoms with van der Waals surface area (Å²) >= 11 is 0. The Morgan fingerprint density at radius 2 is 1.64 bits per heavy atom. The SMILES string of the molecule is CCC(C)c1ccc(S(=O)(=O)N2CCN(c3ccccc3[N+](=O)[O-])CC2)cc1. The zero-order valence-electron chi connectivity index (χ0n) is 16.1. The molecular weight excluding hydrogens is 378 g/mol. The molecule has 0 saturated carbocycles. The number of sulfonamides is 1. The maximum absolute atomic E-state index is 13.0. The fraction of sp³-hybridized carbons (Fsp3) is 0.400. The lowest BCUT2D eigenvalue weighted by Gasteiger charge is -2.35. The van der Waals surface area contributed by atoms with Crippen molar-refractivity contribution in [1.82, 2.24) is 4.31 Å². The van der Waals surface area contributed by atoms with Gasteiger partial charge in [-0.2, -0.15) is 4.31 Å². The molecule has 1 heterocycles. The van der Waals surface area contributed by atoms with Crippen molar-refractivity contribution in [3.05, 3.63) is 64.2 Å². The van der Waals surface area contributed by atoms with Gasteiger partial charge in [-0.25, -0.2) is 8.42 Å². The van der Waals surface area contributed by atoms with E-state index in [-0.39, 0.29) is 5.69 Å². The van der Waals surface area contributed by atoms with Gasteiger partial charge in [-0.1, -0.05) is 38.1 Å². The number of piperazine rings is 1. The molecule has 0 N–H and O–H groups in total. The lowest BCUT2D eigenvalue weighted by Crippen LogP contribution is -2.48. The number of rotatable bonds is 6. The van der Waals surface area contributed by atoms with E-state index in [4.69, 9.17) is 0 Å². The van der Waals surface area contributed by atoms with E-state index >= 15 is 0 Å². The van der Waals surface area contributed by atoms with Crippen LogP contribution in [0.2, 0.25) is 0 Å². The maximum atomic E-state index is 13.0. The first-order chi connectivity index (χ1) is 13.3. The monoisotopic (exact) mass is 403 g/mol. The van der Waals surface area contributed by atoms with Crippen LogP contribution >= 0.6 is 0 Å². The summed E-state index contributed by atoms with van der Waals surface area (Å²) in [4.78, 5) is 13.0. The molecule has 2 aromatic rings. The average Bonchev–Trinajstić information content (AvgIpc) is 2.73. The summed E-state index contributed by atoms with van der Waals surface area (Å²) in [5, 5.41) is 11.2. The van der Waals surface area contributed by atoms with Gasteiger partial charge in [0.1, 0.15) is 5.69 Å². The molecule has 1 fully saturated rings. The van der Waals surface area contributed by atoms with Gasteiger partial charge in [-0.05, 0) is 36.1 Å². The summed E-state index contributed by atoms with van der Waals surface area (Å²) in [7, 11) is -3.57. The number of hydrogen-bond acceptors (Lipinski definition) is 5. The number of hydrogen-bond donors (Lipinski definition) is 0. The molecule has 1 atom stereocenters. The van der Waals surface area contributed by atoms with Crippen LogP contribution in [-0.2, 0) is 10.0 Å². The van der Waals surface area contributed by atoms with E-state index in [2.05, 4.69) is 13.8 Å². The third-order valence-electron chi connectivity index (χ3n) is 5.36. The van der Waals surface area contributed by atoms with Gasteiger partial charge >= 0.3 is 0 Å². The molecule has 0 aromatic heterocycles. The minimum absolute atomic E-state index is 0.0411. The van der Waals surface area contributed by atoms with Crippen LogP contribution in [0.5, 0.6) is 0 Å². The van der Waals surface area contributed by atoms with Gasteiger partial charge in [0, 0.05) is 32.2 Å². The molecule has 28 heavy (non-hydrogen) atoms. The van der Waals surface area contributed by atoms with Gasteiger partial charge in [0.2, 0.25) is 10.0 Å². The molecule has 0 spiro atoms. The normalized spacial score (nSPS) is 16.7. The molecule has 8 heteroatoms. The van der Waals surface area contributed by atoms with E-state index in [1.54, 1.807) is 30.3 Å². The topological polar surface area (TPSA) is 83.8 Å². The van der Waals surface area contributed by atoms with Crippen LogP contribution in [0.1, 0.15) is 31.7 Å². The second-order valence-electron chi connectivity index (χ2n) is 7.02. The molecule has 3 rings (SSSR count). The lowest BCUT2D eigenvalue weighted by molar-refractivity contribution is -0.384. The first-order valence-corrected chi connectivity index (χ1v) is 10.9. The molecule has 0 radical (unpaired) electrons. The van der Waals surface area contributed by atoms with Crippen LogP contribution < -0.4 is 4.90 Å². The summed E-state index contributed by atoms with van der Waals surface area (Å²) in [6.45, 7) is 5.63. The minimum Gasteiger partial charge on any atom is -0.363 e. The average molecular weight is 404 g/mol. The van der Waals surface area contributed by atoms with Crippen LogP contribution in [0, 0.1) is 10.1 Å². The summed E-state index contributed by atoms with van der Waals surface area (Å²) in [5.74, 6) is 0.391. The van der Waals surface area contributed by atoms with Crippen molar-refractivity contribution in [2.24, 2.45) is 0 Å². The number of benzene rings is 2. The van der Waals surface area contributed by atoms with Crippen LogP contribution in [0.4, 0.5) is 11.4 Å². The molecule has 1 aliphatic heterocycles. The zero-order valence-corrected chi connectivity index (χ0v) is 16.9. The molecule has 0 bridgehead atoms. The smallest absolute Gasteiger partial charge is 0.292 e. The summed E-state index contributed by atoms with van der Waals surface area (Å²) < 4.78 is 27.4. The van der Waals surface area contributed by atoms with Crippen LogP contribution in [-0.4, -0.2) is 43.8 Å². The van der Waals surface area contributed by atoms with Crippen molar-refractivity contribution < 1.29 is 13.3 Å². The molecule has 1 unspecified atom stereocenters. The fourth-order valence-electron chi connectivity index (χ4n) is 3.41. The minimum atomic E-state index is -3.57. The first-order valence-electron chi connectivity index (χ1n) is 9.43. The molecule has 0 amide bonds. The van der Waals surface area contributed by atoms with Gasteiger partial charge < -0.3 is 4.90 Å². The Morgan fingerprint density at radius 3 is 2.21 bits per heavy atom. The lowest BCUT2D eigenvalue weighted by atomic mass is 9.99. The van der Waals surface area contributed by atoms with E-state index in [0.29, 0.717) is 42.7 Å². The van der Waals surface area contributed by atoms with Gasteiger partial charge in [0.05, 0.1) is 9.82 Å². The third kappa shape index (κ3) is 4.02.